The van der Waals surface area contributed by atoms with Crippen LogP contribution in [0.25, 0.3) is 11.8 Å². The van der Waals surface area contributed by atoms with E-state index < -0.39 is 0 Å². The van der Waals surface area contributed by atoms with E-state index in [9.17, 15) is 0 Å². The summed E-state index contributed by atoms with van der Waals surface area (Å²) in [6.45, 7) is 4.18. The Bertz CT molecular complexity index is 1080. The highest BCUT2D eigenvalue weighted by molar-refractivity contribution is 5.76. The second-order valence-electron chi connectivity index (χ2n) is 8.21. The molecule has 0 saturated heterocycles. The molecule has 0 aliphatic heterocycles. The zero-order valence-electron chi connectivity index (χ0n) is 17.6. The van der Waals surface area contributed by atoms with E-state index in [1.165, 1.54) is 23.1 Å². The highest BCUT2D eigenvalue weighted by atomic mass is 16.6. The number of hydroxylamine groups is 1. The third kappa shape index (κ3) is 3.53. The van der Waals surface area contributed by atoms with E-state index in [0.29, 0.717) is 6.61 Å². The third-order valence-corrected chi connectivity index (χ3v) is 6.37. The number of hydrogen-bond acceptors (Lipinski definition) is 3. The van der Waals surface area contributed by atoms with Crippen molar-refractivity contribution in [2.45, 2.75) is 31.1 Å². The summed E-state index contributed by atoms with van der Waals surface area (Å²) in [6.07, 6.45) is 10.5. The number of aromatic amines is 1. The van der Waals surface area contributed by atoms with E-state index in [1.54, 1.807) is 6.08 Å². The number of H-pyrrole nitrogens is 1. The Hall–Kier alpha value is -3.37. The highest BCUT2D eigenvalue weighted by Gasteiger charge is 2.37. The summed E-state index contributed by atoms with van der Waals surface area (Å²) < 4.78 is 0. The van der Waals surface area contributed by atoms with Gasteiger partial charge in [-0.1, -0.05) is 78.9 Å². The predicted molar refractivity (Wildman–Crippen MR) is 125 cm³/mol. The molecule has 4 heteroatoms. The Kier molecular flexibility index (Phi) is 5.31. The van der Waals surface area contributed by atoms with Crippen LogP contribution in [0, 0.1) is 0 Å². The minimum atomic E-state index is -0.226. The zero-order valence-corrected chi connectivity index (χ0v) is 17.6. The number of fused-ring (bicyclic) bond motifs is 1. The molecule has 5 rings (SSSR count). The fraction of sp³-hybridized carbons (Fsp3) is 0.222. The van der Waals surface area contributed by atoms with Crippen molar-refractivity contribution in [3.63, 3.8) is 0 Å². The molecular weight excluding hydrogens is 382 g/mol. The third-order valence-electron chi connectivity index (χ3n) is 6.37. The summed E-state index contributed by atoms with van der Waals surface area (Å²) in [5, 5.41) is 8.07. The fourth-order valence-corrected chi connectivity index (χ4v) is 4.55. The van der Waals surface area contributed by atoms with Crippen LogP contribution in [0.4, 0.5) is 0 Å². The lowest BCUT2D eigenvalue weighted by Gasteiger charge is -2.34. The first kappa shape index (κ1) is 19.6. The van der Waals surface area contributed by atoms with Gasteiger partial charge < -0.3 is 0 Å². The average Bonchev–Trinajstić information content (AvgIpc) is 3.21. The van der Waals surface area contributed by atoms with Crippen LogP contribution in [0.5, 0.6) is 0 Å². The summed E-state index contributed by atoms with van der Waals surface area (Å²) in [4.78, 5) is 5.59. The van der Waals surface area contributed by atoms with Gasteiger partial charge in [0.05, 0.1) is 12.3 Å². The molecule has 0 amide bonds. The van der Waals surface area contributed by atoms with E-state index in [-0.39, 0.29) is 5.41 Å². The summed E-state index contributed by atoms with van der Waals surface area (Å²) in [7, 11) is 0. The van der Waals surface area contributed by atoms with Gasteiger partial charge in [-0.05, 0) is 36.0 Å². The molecule has 1 heterocycles. The van der Waals surface area contributed by atoms with Crippen LogP contribution in [-0.4, -0.2) is 16.8 Å². The molecule has 0 radical (unpaired) electrons. The van der Waals surface area contributed by atoms with Gasteiger partial charge >= 0.3 is 0 Å². The normalized spacial score (nSPS) is 16.3. The number of allylic oxidation sites excluding steroid dienone is 2. The van der Waals surface area contributed by atoms with Crippen LogP contribution in [0.15, 0.2) is 85.0 Å². The number of hydrogen-bond donors (Lipinski definition) is 2. The smallest absolute Gasteiger partial charge is 0.118 e. The quantitative estimate of drug-likeness (QED) is 0.305. The van der Waals surface area contributed by atoms with Crippen LogP contribution in [0.1, 0.15) is 47.3 Å². The summed E-state index contributed by atoms with van der Waals surface area (Å²) in [5.74, 6) is 0. The van der Waals surface area contributed by atoms with Gasteiger partial charge in [-0.2, -0.15) is 5.10 Å². The Labute approximate surface area is 183 Å². The molecule has 0 unspecified atom stereocenters. The molecule has 2 aliphatic rings. The second-order valence-corrected chi connectivity index (χ2v) is 8.21. The lowest BCUT2D eigenvalue weighted by Crippen LogP contribution is -2.30. The Balaban J connectivity index is 1.56. The largest absolute Gasteiger partial charge is 0.281 e. The molecule has 156 valence electrons. The van der Waals surface area contributed by atoms with Crippen molar-refractivity contribution in [1.29, 1.82) is 0 Å². The van der Waals surface area contributed by atoms with E-state index in [0.717, 1.165) is 41.9 Å². The van der Waals surface area contributed by atoms with Gasteiger partial charge in [-0.25, -0.2) is 0 Å². The Morgan fingerprint density at radius 1 is 1.06 bits per heavy atom. The monoisotopic (exact) mass is 409 g/mol. The van der Waals surface area contributed by atoms with Crippen LogP contribution in [-0.2, 0) is 16.7 Å². The molecule has 31 heavy (non-hydrogen) atoms. The lowest BCUT2D eigenvalue weighted by molar-refractivity contribution is 0.102. The second kappa shape index (κ2) is 8.40. The molecule has 1 saturated carbocycles. The van der Waals surface area contributed by atoms with E-state index >= 15 is 0 Å². The average molecular weight is 410 g/mol. The van der Waals surface area contributed by atoms with E-state index in [4.69, 9.17) is 9.94 Å². The molecular formula is C27H27N3O. The summed E-state index contributed by atoms with van der Waals surface area (Å²) in [5.41, 5.74) is 11.1. The van der Waals surface area contributed by atoms with Gasteiger partial charge in [-0.3, -0.25) is 15.4 Å². The summed E-state index contributed by atoms with van der Waals surface area (Å²) >= 11 is 0. The van der Waals surface area contributed by atoms with Gasteiger partial charge in [0.15, 0.2) is 0 Å². The van der Waals surface area contributed by atoms with Crippen LogP contribution < -0.4 is 5.48 Å². The molecule has 0 bridgehead atoms. The molecule has 1 aromatic heterocycles. The van der Waals surface area contributed by atoms with Crippen molar-refractivity contribution in [2.24, 2.45) is 0 Å². The number of rotatable bonds is 7. The SMILES string of the molecule is C=CCONC(=C1CCC1)c1n[nH]c2c1C=CC(c1ccccc1)(c1ccccc1)C2. The molecule has 0 atom stereocenters. The molecule has 2 N–H and O–H groups in total. The number of aromatic nitrogens is 2. The van der Waals surface area contributed by atoms with Crippen molar-refractivity contribution < 1.29 is 4.84 Å². The van der Waals surface area contributed by atoms with Crippen molar-refractivity contribution in [3.05, 3.63) is 113 Å². The first-order chi connectivity index (χ1) is 15.3. The van der Waals surface area contributed by atoms with E-state index in [2.05, 4.69) is 90.0 Å². The Morgan fingerprint density at radius 3 is 2.32 bits per heavy atom. The van der Waals surface area contributed by atoms with Crippen LogP contribution in [0.2, 0.25) is 0 Å². The first-order valence-electron chi connectivity index (χ1n) is 10.9. The maximum absolute atomic E-state index is 5.59. The van der Waals surface area contributed by atoms with Crippen molar-refractivity contribution >= 4 is 11.8 Å². The molecule has 0 spiro atoms. The van der Waals surface area contributed by atoms with Crippen LogP contribution >= 0.6 is 0 Å². The van der Waals surface area contributed by atoms with E-state index in [1.807, 2.05) is 0 Å². The fourth-order valence-electron chi connectivity index (χ4n) is 4.55. The predicted octanol–water partition coefficient (Wildman–Crippen LogP) is 5.57. The molecule has 2 aromatic carbocycles. The molecule has 1 fully saturated rings. The minimum Gasteiger partial charge on any atom is -0.281 e. The highest BCUT2D eigenvalue weighted by Crippen LogP contribution is 2.43. The Morgan fingerprint density at radius 2 is 1.74 bits per heavy atom. The van der Waals surface area contributed by atoms with Crippen molar-refractivity contribution in [1.82, 2.24) is 15.7 Å². The number of nitrogens with one attached hydrogen (secondary N) is 2. The van der Waals surface area contributed by atoms with Gasteiger partial charge in [0.1, 0.15) is 5.69 Å². The molecule has 3 aromatic rings. The topological polar surface area (TPSA) is 49.9 Å². The maximum atomic E-state index is 5.59. The molecule has 4 nitrogen and oxygen atoms in total. The summed E-state index contributed by atoms with van der Waals surface area (Å²) in [6, 6.07) is 21.4. The van der Waals surface area contributed by atoms with Crippen molar-refractivity contribution in [3.8, 4) is 0 Å². The first-order valence-corrected chi connectivity index (χ1v) is 10.9. The minimum absolute atomic E-state index is 0.226. The number of benzene rings is 2. The number of nitrogens with zero attached hydrogens (tertiary/aromatic N) is 1. The van der Waals surface area contributed by atoms with Gasteiger partial charge in [-0.15, -0.1) is 6.58 Å². The molecule has 2 aliphatic carbocycles. The van der Waals surface area contributed by atoms with Crippen molar-refractivity contribution in [2.75, 3.05) is 6.61 Å². The maximum Gasteiger partial charge on any atom is 0.118 e. The van der Waals surface area contributed by atoms with Crippen LogP contribution in [0.3, 0.4) is 0 Å². The van der Waals surface area contributed by atoms with Gasteiger partial charge in [0, 0.05) is 23.1 Å². The zero-order chi connectivity index (χ0) is 21.1. The van der Waals surface area contributed by atoms with Gasteiger partial charge in [0.25, 0.3) is 0 Å². The lowest BCUT2D eigenvalue weighted by atomic mass is 9.68. The van der Waals surface area contributed by atoms with Gasteiger partial charge in [0.2, 0.25) is 0 Å². The standard InChI is InChI=1S/C27H27N3O/c1-2-18-31-30-25(20-10-9-11-20)26-23-16-17-27(19-24(23)28-29-26,21-12-5-3-6-13-21)22-14-7-4-8-15-22/h2-8,12-17,30H,1,9-11,18-19H2,(H,28,29).